The number of carbonyl (C=O) groups excluding carboxylic acids is 1. The Morgan fingerprint density at radius 2 is 1.34 bits per heavy atom. The van der Waals surface area contributed by atoms with Crippen LogP contribution in [0.25, 0.3) is 0 Å². The van der Waals surface area contributed by atoms with E-state index in [9.17, 15) is 50.8 Å². The molecule has 7 rings (SSSR count). The highest BCUT2D eigenvalue weighted by Gasteiger charge is 2.70. The quantitative estimate of drug-likeness (QED) is 0.1000. The average Bonchev–Trinajstić information content (AvgIpc) is 3.17. The van der Waals surface area contributed by atoms with Gasteiger partial charge in [-0.2, -0.15) is 0 Å². The molecule has 0 bridgehead atoms. The van der Waals surface area contributed by atoms with Crippen LogP contribution in [0.15, 0.2) is 11.6 Å². The Morgan fingerprint density at radius 1 is 0.732 bits per heavy atom. The maximum Gasteiger partial charge on any atom is 0.315 e. The summed E-state index contributed by atoms with van der Waals surface area (Å²) < 4.78 is 23.8. The Labute approximate surface area is 330 Å². The molecule has 21 unspecified atom stereocenters. The second kappa shape index (κ2) is 15.0. The molecule has 4 saturated carbocycles. The van der Waals surface area contributed by atoms with Crippen molar-refractivity contribution in [1.82, 2.24) is 0 Å². The van der Waals surface area contributed by atoms with Crippen molar-refractivity contribution in [3.8, 4) is 0 Å². The van der Waals surface area contributed by atoms with Crippen LogP contribution in [0.4, 0.5) is 0 Å². The largest absolute Gasteiger partial charge is 0.432 e. The second-order valence-corrected chi connectivity index (χ2v) is 19.9. The number of rotatable bonds is 7. The van der Waals surface area contributed by atoms with Crippen LogP contribution in [-0.4, -0.2) is 139 Å². The molecule has 0 aromatic heterocycles. The molecular formula is C42H68O14. The number of esters is 1. The molecule has 320 valence electrons. The third-order valence-electron chi connectivity index (χ3n) is 17.7. The molecule has 14 nitrogen and oxygen atoms in total. The second-order valence-electron chi connectivity index (χ2n) is 19.9. The fourth-order valence-corrected chi connectivity index (χ4v) is 13.8. The minimum atomic E-state index is -1.67. The van der Waals surface area contributed by atoms with Crippen molar-refractivity contribution in [2.45, 2.75) is 167 Å². The predicted molar refractivity (Wildman–Crippen MR) is 199 cm³/mol. The van der Waals surface area contributed by atoms with Crippen molar-refractivity contribution in [2.75, 3.05) is 19.8 Å². The van der Waals surface area contributed by atoms with Crippen LogP contribution >= 0.6 is 0 Å². The van der Waals surface area contributed by atoms with Crippen molar-refractivity contribution in [3.63, 3.8) is 0 Å². The summed E-state index contributed by atoms with van der Waals surface area (Å²) in [7, 11) is 0. The van der Waals surface area contributed by atoms with E-state index in [0.29, 0.717) is 25.2 Å². The molecule has 21 atom stereocenters. The lowest BCUT2D eigenvalue weighted by Crippen LogP contribution is -2.67. The highest BCUT2D eigenvalue weighted by Crippen LogP contribution is 2.76. The fraction of sp³-hybridized carbons (Fsp3) is 0.929. The highest BCUT2D eigenvalue weighted by atomic mass is 16.7. The molecular weight excluding hydrogens is 728 g/mol. The van der Waals surface area contributed by atoms with Crippen molar-refractivity contribution in [3.05, 3.63) is 11.6 Å². The first-order valence-corrected chi connectivity index (χ1v) is 21.1. The van der Waals surface area contributed by atoms with E-state index in [4.69, 9.17) is 18.9 Å². The van der Waals surface area contributed by atoms with Crippen LogP contribution in [0.3, 0.4) is 0 Å². The molecule has 0 amide bonds. The average molecular weight is 797 g/mol. The molecule has 0 spiro atoms. The monoisotopic (exact) mass is 796 g/mol. The van der Waals surface area contributed by atoms with Gasteiger partial charge in [0.25, 0.3) is 0 Å². The molecule has 0 radical (unpaired) electrons. The lowest BCUT2D eigenvalue weighted by atomic mass is 9.33. The summed E-state index contributed by atoms with van der Waals surface area (Å²) in [6, 6.07) is 0. The topological polar surface area (TPSA) is 236 Å². The minimum absolute atomic E-state index is 0.0464. The Kier molecular flexibility index (Phi) is 11.5. The summed E-state index contributed by atoms with van der Waals surface area (Å²) in [6.45, 7) is 12.3. The van der Waals surface area contributed by atoms with Crippen LogP contribution in [0.2, 0.25) is 0 Å². The maximum absolute atomic E-state index is 14.6. The van der Waals surface area contributed by atoms with Crippen molar-refractivity contribution < 1.29 is 69.7 Å². The molecule has 6 fully saturated rings. The van der Waals surface area contributed by atoms with Crippen molar-refractivity contribution in [1.29, 1.82) is 0 Å². The molecule has 2 aliphatic heterocycles. The van der Waals surface area contributed by atoms with Gasteiger partial charge in [-0.15, -0.1) is 0 Å². The van der Waals surface area contributed by atoms with Gasteiger partial charge in [0.05, 0.1) is 31.3 Å². The van der Waals surface area contributed by atoms with Gasteiger partial charge in [-0.05, 0) is 104 Å². The summed E-state index contributed by atoms with van der Waals surface area (Å²) in [5, 5.41) is 94.0. The molecule has 7 aliphatic rings. The number of aliphatic hydroxyl groups is 9. The van der Waals surface area contributed by atoms with Crippen LogP contribution in [0, 0.1) is 56.7 Å². The summed E-state index contributed by atoms with van der Waals surface area (Å²) >= 11 is 0. The van der Waals surface area contributed by atoms with Crippen LogP contribution in [0.5, 0.6) is 0 Å². The summed E-state index contributed by atoms with van der Waals surface area (Å²) in [6.07, 6.45) is -6.05. The third kappa shape index (κ3) is 6.05. The van der Waals surface area contributed by atoms with Gasteiger partial charge < -0.3 is 64.9 Å². The van der Waals surface area contributed by atoms with Gasteiger partial charge in [-0.3, -0.25) is 4.79 Å². The van der Waals surface area contributed by atoms with Crippen LogP contribution in [-0.2, 0) is 23.7 Å². The van der Waals surface area contributed by atoms with Gasteiger partial charge in [0.2, 0.25) is 6.29 Å². The Bertz CT molecular complexity index is 1490. The standard InChI is InChI=1S/C42H68O14/c1-20-9-14-42(37(52)56-36-34(51)32(49)30(47)24(18-44)54-36)16-15-40(5)22(28(42)21(20)2)7-8-26-38(3)12-11-27(39(4,19-45)25(38)10-13-41(26,40)6)55-35-33(50)31(48)29(46)23(17-43)53-35/h7,20-21,23-36,43-51H,8-19H2,1-6H3. The lowest BCUT2D eigenvalue weighted by molar-refractivity contribution is -0.333. The lowest BCUT2D eigenvalue weighted by Gasteiger charge is -2.71. The Balaban J connectivity index is 1.18. The first kappa shape index (κ1) is 42.8. The SMILES string of the molecule is CC1CCC2(C(=O)OC3OC(CO)C(O)C(O)C3O)CCC3(C)C(=CCC4C5(C)CCC(OC6OC(CO)C(O)C(O)C6O)C(C)(CO)C5CCC43C)C2C1C. The first-order valence-electron chi connectivity index (χ1n) is 21.1. The fourth-order valence-electron chi connectivity index (χ4n) is 13.8. The number of carbonyl (C=O) groups is 1. The van der Waals surface area contributed by atoms with E-state index in [1.54, 1.807) is 0 Å². The van der Waals surface area contributed by atoms with Gasteiger partial charge in [-0.25, -0.2) is 0 Å². The number of allylic oxidation sites excluding steroid dienone is 2. The smallest absolute Gasteiger partial charge is 0.315 e. The van der Waals surface area contributed by atoms with E-state index < -0.39 is 97.5 Å². The molecule has 2 heterocycles. The third-order valence-corrected chi connectivity index (χ3v) is 17.7. The first-order chi connectivity index (χ1) is 26.3. The van der Waals surface area contributed by atoms with Gasteiger partial charge >= 0.3 is 5.97 Å². The highest BCUT2D eigenvalue weighted by molar-refractivity contribution is 5.79. The number of hydrogen-bond acceptors (Lipinski definition) is 14. The summed E-state index contributed by atoms with van der Waals surface area (Å²) in [4.78, 5) is 14.6. The van der Waals surface area contributed by atoms with Gasteiger partial charge in [0.15, 0.2) is 6.29 Å². The summed E-state index contributed by atoms with van der Waals surface area (Å²) in [5.74, 6) is 0.178. The zero-order chi connectivity index (χ0) is 40.9. The molecule has 0 aromatic carbocycles. The summed E-state index contributed by atoms with van der Waals surface area (Å²) in [5.41, 5.74) is -0.924. The van der Waals surface area contributed by atoms with Crippen molar-refractivity contribution >= 4 is 5.97 Å². The van der Waals surface area contributed by atoms with Crippen LogP contribution in [0.1, 0.15) is 99.3 Å². The molecule has 9 N–H and O–H groups in total. The van der Waals surface area contributed by atoms with E-state index in [1.807, 2.05) is 6.92 Å². The van der Waals surface area contributed by atoms with E-state index in [2.05, 4.69) is 40.7 Å². The zero-order valence-electron chi connectivity index (χ0n) is 33.9. The molecule has 56 heavy (non-hydrogen) atoms. The predicted octanol–water partition coefficient (Wildman–Crippen LogP) is 1.14. The van der Waals surface area contributed by atoms with Crippen molar-refractivity contribution in [2.24, 2.45) is 56.7 Å². The Morgan fingerprint density at radius 3 is 1.95 bits per heavy atom. The van der Waals surface area contributed by atoms with Gasteiger partial charge in [-0.1, -0.05) is 53.2 Å². The minimum Gasteiger partial charge on any atom is -0.432 e. The van der Waals surface area contributed by atoms with E-state index in [1.165, 1.54) is 5.57 Å². The molecule has 2 saturated heterocycles. The number of fused-ring (bicyclic) bond motifs is 7. The normalized spacial score (nSPS) is 55.8. The van der Waals surface area contributed by atoms with E-state index >= 15 is 0 Å². The maximum atomic E-state index is 14.6. The molecule has 5 aliphatic carbocycles. The molecule has 0 aromatic rings. The van der Waals surface area contributed by atoms with E-state index in [0.717, 1.165) is 38.5 Å². The van der Waals surface area contributed by atoms with Crippen LogP contribution < -0.4 is 0 Å². The van der Waals surface area contributed by atoms with Gasteiger partial charge in [0.1, 0.15) is 48.8 Å². The number of aliphatic hydroxyl groups excluding tert-OH is 9. The molecule has 14 heteroatoms. The van der Waals surface area contributed by atoms with E-state index in [-0.39, 0.29) is 46.5 Å². The number of hydrogen-bond donors (Lipinski definition) is 9. The zero-order valence-corrected chi connectivity index (χ0v) is 33.9. The number of ether oxygens (including phenoxy) is 4. The Hall–Kier alpha value is -1.27. The van der Waals surface area contributed by atoms with Gasteiger partial charge in [0, 0.05) is 5.41 Å².